The molecule has 258 valence electrons. The molecule has 0 bridgehead atoms. The first-order valence-corrected chi connectivity index (χ1v) is 16.4. The minimum Gasteiger partial charge on any atom is -0.481 e. The number of anilines is 1. The van der Waals surface area contributed by atoms with E-state index < -0.39 is 11.2 Å². The van der Waals surface area contributed by atoms with E-state index >= 15 is 0 Å². The van der Waals surface area contributed by atoms with Crippen molar-refractivity contribution < 1.29 is 14.3 Å². The molecule has 5 rings (SSSR count). The van der Waals surface area contributed by atoms with Gasteiger partial charge in [0, 0.05) is 49.2 Å². The van der Waals surface area contributed by atoms with Gasteiger partial charge in [0.15, 0.2) is 0 Å². The molecule has 0 atom stereocenters. The average Bonchev–Trinajstić information content (AvgIpc) is 3.10. The lowest BCUT2D eigenvalue weighted by Crippen LogP contribution is -2.59. The fourth-order valence-electron chi connectivity index (χ4n) is 6.26. The Kier molecular flexibility index (Phi) is 10.8. The molecule has 5 N–H and O–H groups in total. The highest BCUT2D eigenvalue weighted by Crippen LogP contribution is 2.39. The number of nitrogens with two attached hydrogens (primary N) is 2. The van der Waals surface area contributed by atoms with E-state index in [1.807, 2.05) is 62.4 Å². The number of nitrogens with one attached hydrogen (secondary N) is 1. The van der Waals surface area contributed by atoms with Gasteiger partial charge in [-0.1, -0.05) is 48.0 Å². The Hall–Kier alpha value is -5.07. The van der Waals surface area contributed by atoms with E-state index in [1.165, 1.54) is 24.9 Å². The summed E-state index contributed by atoms with van der Waals surface area (Å²) >= 11 is 7.09. The van der Waals surface area contributed by atoms with Gasteiger partial charge in [0.2, 0.25) is 5.88 Å². The van der Waals surface area contributed by atoms with E-state index in [9.17, 15) is 14.4 Å². The van der Waals surface area contributed by atoms with Gasteiger partial charge in [-0.25, -0.2) is 9.78 Å². The first-order chi connectivity index (χ1) is 23.5. The summed E-state index contributed by atoms with van der Waals surface area (Å²) in [7, 11) is 4.51. The molecule has 4 aromatic rings. The van der Waals surface area contributed by atoms with Crippen LogP contribution in [0.25, 0.3) is 34.4 Å². The highest BCUT2D eigenvalue weighted by molar-refractivity contribution is 6.36. The molecule has 13 heteroatoms. The normalized spacial score (nSPS) is 14.9. The van der Waals surface area contributed by atoms with Crippen LogP contribution in [0.1, 0.15) is 30.9 Å². The number of halogens is 1. The molecule has 0 saturated carbocycles. The molecular weight excluding hydrogens is 646 g/mol. The van der Waals surface area contributed by atoms with Crippen molar-refractivity contribution in [2.24, 2.45) is 31.5 Å². The first kappa shape index (κ1) is 35.2. The topological polar surface area (TPSA) is 160 Å². The average molecular weight is 688 g/mol. The number of pyridine rings is 1. The molecule has 0 aliphatic carbocycles. The lowest BCUT2D eigenvalue weighted by Gasteiger charge is -2.31. The van der Waals surface area contributed by atoms with Gasteiger partial charge in [-0.05, 0) is 63.0 Å². The molecule has 3 heterocycles. The summed E-state index contributed by atoms with van der Waals surface area (Å²) < 4.78 is 13.2. The minimum absolute atomic E-state index is 0.0488. The number of carbonyl (C=O) groups is 1. The van der Waals surface area contributed by atoms with Gasteiger partial charge in [-0.3, -0.25) is 23.6 Å². The van der Waals surface area contributed by atoms with Crippen molar-refractivity contribution in [1.82, 2.24) is 19.0 Å². The summed E-state index contributed by atoms with van der Waals surface area (Å²) in [5.41, 5.74) is 16.6. The molecule has 0 amide bonds. The highest BCUT2D eigenvalue weighted by atomic mass is 35.5. The van der Waals surface area contributed by atoms with Crippen LogP contribution in [-0.4, -0.2) is 51.8 Å². The molecular formula is C36H42ClN7O5. The third-order valence-electron chi connectivity index (χ3n) is 9.04. The molecule has 1 fully saturated rings. The second-order valence-electron chi connectivity index (χ2n) is 12.0. The van der Waals surface area contributed by atoms with E-state index in [0.717, 1.165) is 58.3 Å². The van der Waals surface area contributed by atoms with Gasteiger partial charge < -0.3 is 26.3 Å². The van der Waals surface area contributed by atoms with Crippen molar-refractivity contribution >= 4 is 35.3 Å². The standard InChI is InChI=1S/C36H42ClN7O5/c1-6-49-35(46)22-15-17-44(18-16-22)20-23-13-14-28(41-33(23)48-5)26-11-7-10-25(31(26)37)24-9-8-12-27(21(24)2)40-32(39)30-29(19-38)42(3)36(47)43(4)34(30)45/h7-14,19,22,40H,6,15-18,20,38-39H2,1-5H3/b29-19+,32-30-. The van der Waals surface area contributed by atoms with Crippen LogP contribution >= 0.6 is 11.6 Å². The predicted octanol–water partition coefficient (Wildman–Crippen LogP) is 2.39. The maximum absolute atomic E-state index is 13.0. The third-order valence-corrected chi connectivity index (χ3v) is 9.45. The predicted molar refractivity (Wildman–Crippen MR) is 192 cm³/mol. The van der Waals surface area contributed by atoms with E-state index in [1.54, 1.807) is 7.11 Å². The monoisotopic (exact) mass is 687 g/mol. The quantitative estimate of drug-likeness (QED) is 0.223. The van der Waals surface area contributed by atoms with Crippen molar-refractivity contribution in [3.8, 4) is 28.3 Å². The number of hydrogen-bond acceptors (Lipinski definition) is 10. The van der Waals surface area contributed by atoms with Crippen molar-refractivity contribution in [2.45, 2.75) is 33.2 Å². The fraction of sp³-hybridized carbons (Fsp3) is 0.333. The Morgan fingerprint density at radius 1 is 1.04 bits per heavy atom. The second-order valence-corrected chi connectivity index (χ2v) is 12.4. The van der Waals surface area contributed by atoms with Crippen LogP contribution in [0, 0.1) is 12.8 Å². The lowest BCUT2D eigenvalue weighted by molar-refractivity contribution is -0.149. The van der Waals surface area contributed by atoms with Crippen LogP contribution in [0.3, 0.4) is 0 Å². The molecule has 1 aliphatic heterocycles. The number of nitrogens with zero attached hydrogens (tertiary/aromatic N) is 4. The van der Waals surface area contributed by atoms with Gasteiger partial charge in [0.05, 0.1) is 35.7 Å². The molecule has 49 heavy (non-hydrogen) atoms. The zero-order valence-electron chi connectivity index (χ0n) is 28.4. The fourth-order valence-corrected chi connectivity index (χ4v) is 6.59. The number of hydrogen-bond donors (Lipinski definition) is 3. The lowest BCUT2D eigenvalue weighted by atomic mass is 9.96. The van der Waals surface area contributed by atoms with Crippen LogP contribution in [-0.2, 0) is 30.2 Å². The largest absolute Gasteiger partial charge is 0.481 e. The van der Waals surface area contributed by atoms with Crippen molar-refractivity contribution in [3.05, 3.63) is 96.1 Å². The second kappa shape index (κ2) is 15.0. The van der Waals surface area contributed by atoms with Crippen LogP contribution in [0.15, 0.2) is 58.1 Å². The minimum atomic E-state index is -0.568. The molecule has 0 radical (unpaired) electrons. The number of rotatable bonds is 9. The molecule has 12 nitrogen and oxygen atoms in total. The number of aromatic nitrogens is 3. The van der Waals surface area contributed by atoms with Crippen molar-refractivity contribution in [3.63, 3.8) is 0 Å². The third kappa shape index (κ3) is 7.06. The molecule has 0 spiro atoms. The Balaban J connectivity index is 1.44. The van der Waals surface area contributed by atoms with Gasteiger partial charge in [0.25, 0.3) is 5.56 Å². The summed E-state index contributed by atoms with van der Waals surface area (Å²) in [4.78, 5) is 44.8. The molecule has 1 saturated heterocycles. The number of likely N-dealkylation sites (tertiary alicyclic amines) is 1. The zero-order valence-corrected chi connectivity index (χ0v) is 29.1. The zero-order chi connectivity index (χ0) is 35.4. The van der Waals surface area contributed by atoms with Crippen LogP contribution in [0.4, 0.5) is 5.69 Å². The highest BCUT2D eigenvalue weighted by Gasteiger charge is 2.27. The van der Waals surface area contributed by atoms with Crippen molar-refractivity contribution in [1.29, 1.82) is 0 Å². The Bertz CT molecular complexity index is 2140. The molecule has 1 aliphatic rings. The summed E-state index contributed by atoms with van der Waals surface area (Å²) in [6, 6.07) is 15.4. The van der Waals surface area contributed by atoms with E-state index in [-0.39, 0.29) is 28.3 Å². The number of piperidine rings is 1. The van der Waals surface area contributed by atoms with Crippen LogP contribution < -0.4 is 43.3 Å². The van der Waals surface area contributed by atoms with Gasteiger partial charge in [-0.15, -0.1) is 0 Å². The smallest absolute Gasteiger partial charge is 0.330 e. The van der Waals surface area contributed by atoms with Crippen LogP contribution in [0.5, 0.6) is 5.88 Å². The van der Waals surface area contributed by atoms with E-state index in [2.05, 4.69) is 10.2 Å². The summed E-state index contributed by atoms with van der Waals surface area (Å²) in [6.07, 6.45) is 2.71. The summed E-state index contributed by atoms with van der Waals surface area (Å²) in [6.45, 7) is 6.37. The van der Waals surface area contributed by atoms with E-state index in [0.29, 0.717) is 35.4 Å². The van der Waals surface area contributed by atoms with Gasteiger partial charge in [0.1, 0.15) is 11.0 Å². The molecule has 2 aromatic carbocycles. The van der Waals surface area contributed by atoms with Gasteiger partial charge >= 0.3 is 11.7 Å². The SMILES string of the molecule is CCOC(=O)C1CCN(Cc2ccc(-c3cccc(-c4cccc(N/C(N)=c5\c(=O)n(C)c(=O)n(C)\c5=C\N)c4C)c3Cl)nc2OC)CC1. The number of benzene rings is 2. The Morgan fingerprint density at radius 2 is 1.71 bits per heavy atom. The van der Waals surface area contributed by atoms with Crippen LogP contribution in [0.2, 0.25) is 5.02 Å². The van der Waals surface area contributed by atoms with E-state index in [4.69, 9.17) is 37.5 Å². The van der Waals surface area contributed by atoms with Gasteiger partial charge in [-0.2, -0.15) is 0 Å². The Labute approximate surface area is 289 Å². The van der Waals surface area contributed by atoms with Crippen molar-refractivity contribution in [2.75, 3.05) is 32.1 Å². The number of ether oxygens (including phenoxy) is 2. The number of methoxy groups -OCH3 is 1. The maximum Gasteiger partial charge on any atom is 0.330 e. The first-order valence-electron chi connectivity index (χ1n) is 16.1. The molecule has 0 unspecified atom stereocenters. The summed E-state index contributed by atoms with van der Waals surface area (Å²) in [5, 5.41) is 3.95. The molecule has 2 aromatic heterocycles. The number of esters is 1. The summed E-state index contributed by atoms with van der Waals surface area (Å²) in [5.74, 6) is 0.394. The number of carbonyl (C=O) groups excluding carboxylic acids is 1. The maximum atomic E-state index is 13.0. The Morgan fingerprint density at radius 3 is 2.39 bits per heavy atom.